The van der Waals surface area contributed by atoms with Gasteiger partial charge >= 0.3 is 0 Å². The van der Waals surface area contributed by atoms with Crippen molar-refractivity contribution >= 4 is 39.2 Å². The molecule has 136 valence electrons. The molecule has 3 rings (SSSR count). The lowest BCUT2D eigenvalue weighted by molar-refractivity contribution is -0.119. The second-order valence-electron chi connectivity index (χ2n) is 5.89. The molecule has 0 saturated heterocycles. The Bertz CT molecular complexity index is 974. The average molecular weight is 393 g/mol. The fourth-order valence-electron chi connectivity index (χ4n) is 2.61. The van der Waals surface area contributed by atoms with Gasteiger partial charge in [-0.2, -0.15) is 0 Å². The number of aryl methyl sites for hydroxylation is 2. The van der Waals surface area contributed by atoms with Crippen LogP contribution in [0.3, 0.4) is 0 Å². The van der Waals surface area contributed by atoms with Gasteiger partial charge in [0.2, 0.25) is 5.91 Å². The second kappa shape index (κ2) is 7.67. The Morgan fingerprint density at radius 3 is 2.81 bits per heavy atom. The van der Waals surface area contributed by atoms with Crippen molar-refractivity contribution in [3.8, 4) is 0 Å². The van der Waals surface area contributed by atoms with Crippen LogP contribution in [0.2, 0.25) is 0 Å². The molecule has 2 heterocycles. The second-order valence-corrected chi connectivity index (χ2v) is 8.05. The van der Waals surface area contributed by atoms with Crippen molar-refractivity contribution in [3.63, 3.8) is 0 Å². The Kier molecular flexibility index (Phi) is 5.52. The van der Waals surface area contributed by atoms with E-state index < -0.39 is 17.7 Å². The smallest absolute Gasteiger partial charge is 0.230 e. The third kappa shape index (κ3) is 3.86. The summed E-state index contributed by atoms with van der Waals surface area (Å²) in [5.74, 6) is -1.42. The number of halogens is 2. The van der Waals surface area contributed by atoms with Crippen LogP contribution in [0.5, 0.6) is 0 Å². The van der Waals surface area contributed by atoms with Crippen molar-refractivity contribution < 1.29 is 13.6 Å². The first-order chi connectivity index (χ1) is 12.4. The zero-order valence-electron chi connectivity index (χ0n) is 14.5. The summed E-state index contributed by atoms with van der Waals surface area (Å²) in [7, 11) is 0. The Labute approximate surface area is 158 Å². The predicted octanol–water partition coefficient (Wildman–Crippen LogP) is 4.56. The highest BCUT2D eigenvalue weighted by atomic mass is 32.2. The Balaban J connectivity index is 1.68. The minimum absolute atomic E-state index is 0.146. The monoisotopic (exact) mass is 393 g/mol. The SMILES string of the molecule is Cc1sc2ncnc(SCC(=O)N[C@H](C)c3ccc(F)cc3F)c2c1C. The molecule has 1 amide bonds. The van der Waals surface area contributed by atoms with Crippen LogP contribution in [0.15, 0.2) is 29.6 Å². The standard InChI is InChI=1S/C18H17F2N3OS2/c1-9-11(3)26-18-16(9)17(21-8-22-18)25-7-15(24)23-10(2)13-5-4-12(19)6-14(13)20/h4-6,8,10H,7H2,1-3H3,(H,23,24)/t10-/m1/s1. The van der Waals surface area contributed by atoms with E-state index in [9.17, 15) is 13.6 Å². The number of nitrogens with zero attached hydrogens (tertiary/aromatic N) is 2. The van der Waals surface area contributed by atoms with Gasteiger partial charge in [0.1, 0.15) is 27.8 Å². The highest BCUT2D eigenvalue weighted by molar-refractivity contribution is 8.00. The van der Waals surface area contributed by atoms with Crippen molar-refractivity contribution in [1.29, 1.82) is 0 Å². The molecular weight excluding hydrogens is 376 g/mol. The molecule has 2 aromatic heterocycles. The number of benzene rings is 1. The summed E-state index contributed by atoms with van der Waals surface area (Å²) in [5, 5.41) is 4.47. The zero-order chi connectivity index (χ0) is 18.8. The van der Waals surface area contributed by atoms with Crippen molar-refractivity contribution in [1.82, 2.24) is 15.3 Å². The lowest BCUT2D eigenvalue weighted by Crippen LogP contribution is -2.28. The topological polar surface area (TPSA) is 54.9 Å². The summed E-state index contributed by atoms with van der Waals surface area (Å²) in [5.41, 5.74) is 1.37. The molecule has 0 aliphatic rings. The molecular formula is C18H17F2N3OS2. The number of thioether (sulfide) groups is 1. The van der Waals surface area contributed by atoms with E-state index in [2.05, 4.69) is 15.3 Å². The van der Waals surface area contributed by atoms with E-state index in [4.69, 9.17) is 0 Å². The van der Waals surface area contributed by atoms with Crippen LogP contribution in [0.1, 0.15) is 29.0 Å². The van der Waals surface area contributed by atoms with Crippen LogP contribution in [-0.4, -0.2) is 21.6 Å². The summed E-state index contributed by atoms with van der Waals surface area (Å²) in [6, 6.07) is 2.77. The minimum atomic E-state index is -0.674. The van der Waals surface area contributed by atoms with Crippen LogP contribution in [0.4, 0.5) is 8.78 Å². The normalized spacial score (nSPS) is 12.3. The maximum atomic E-state index is 13.8. The molecule has 3 aromatic rings. The molecule has 0 aliphatic carbocycles. The average Bonchev–Trinajstić information content (AvgIpc) is 2.88. The molecule has 1 aromatic carbocycles. The molecule has 26 heavy (non-hydrogen) atoms. The minimum Gasteiger partial charge on any atom is -0.349 e. The van der Waals surface area contributed by atoms with Gasteiger partial charge in [0.25, 0.3) is 0 Å². The lowest BCUT2D eigenvalue weighted by Gasteiger charge is -2.15. The number of carbonyl (C=O) groups excluding carboxylic acids is 1. The molecule has 0 spiro atoms. The number of amides is 1. The first kappa shape index (κ1) is 18.7. The summed E-state index contributed by atoms with van der Waals surface area (Å²) in [4.78, 5) is 22.9. The van der Waals surface area contributed by atoms with Crippen molar-refractivity contribution in [2.75, 3.05) is 5.75 Å². The van der Waals surface area contributed by atoms with E-state index in [0.717, 1.165) is 26.9 Å². The van der Waals surface area contributed by atoms with Crippen molar-refractivity contribution in [3.05, 3.63) is 52.2 Å². The Morgan fingerprint density at radius 2 is 2.08 bits per heavy atom. The number of nitrogens with one attached hydrogen (secondary N) is 1. The van der Waals surface area contributed by atoms with E-state index in [1.165, 1.54) is 35.1 Å². The number of fused-ring (bicyclic) bond motifs is 1. The number of rotatable bonds is 5. The fourth-order valence-corrected chi connectivity index (χ4v) is 4.54. The van der Waals surface area contributed by atoms with Gasteiger partial charge in [0, 0.05) is 21.9 Å². The van der Waals surface area contributed by atoms with Crippen LogP contribution in [-0.2, 0) is 4.79 Å². The number of hydrogen-bond donors (Lipinski definition) is 1. The van der Waals surface area contributed by atoms with Gasteiger partial charge < -0.3 is 5.32 Å². The van der Waals surface area contributed by atoms with Crippen LogP contribution in [0, 0.1) is 25.5 Å². The van der Waals surface area contributed by atoms with Crippen molar-refractivity contribution in [2.45, 2.75) is 31.8 Å². The van der Waals surface area contributed by atoms with Crippen LogP contribution >= 0.6 is 23.1 Å². The maximum Gasteiger partial charge on any atom is 0.230 e. The maximum absolute atomic E-state index is 13.8. The van der Waals surface area contributed by atoms with E-state index in [-0.39, 0.29) is 17.2 Å². The van der Waals surface area contributed by atoms with Gasteiger partial charge in [-0.1, -0.05) is 17.8 Å². The van der Waals surface area contributed by atoms with E-state index >= 15 is 0 Å². The number of aromatic nitrogens is 2. The van der Waals surface area contributed by atoms with Crippen LogP contribution < -0.4 is 5.32 Å². The quantitative estimate of drug-likeness (QED) is 0.510. The molecule has 1 atom stereocenters. The van der Waals surface area contributed by atoms with E-state index in [1.807, 2.05) is 13.8 Å². The van der Waals surface area contributed by atoms with E-state index in [0.29, 0.717) is 0 Å². The van der Waals surface area contributed by atoms with Gasteiger partial charge in [0.15, 0.2) is 0 Å². The highest BCUT2D eigenvalue weighted by Crippen LogP contribution is 2.34. The van der Waals surface area contributed by atoms with Gasteiger partial charge in [0.05, 0.1) is 11.8 Å². The molecule has 0 saturated carbocycles. The first-order valence-electron chi connectivity index (χ1n) is 7.94. The summed E-state index contributed by atoms with van der Waals surface area (Å²) in [6.07, 6.45) is 1.49. The molecule has 0 unspecified atom stereocenters. The number of thiophene rings is 1. The molecule has 0 bridgehead atoms. The van der Waals surface area contributed by atoms with Gasteiger partial charge in [-0.3, -0.25) is 4.79 Å². The predicted molar refractivity (Wildman–Crippen MR) is 101 cm³/mol. The fraction of sp³-hybridized carbons (Fsp3) is 0.278. The number of carbonyl (C=O) groups is 1. The summed E-state index contributed by atoms with van der Waals surface area (Å²) >= 11 is 2.92. The van der Waals surface area contributed by atoms with Gasteiger partial charge in [-0.25, -0.2) is 18.7 Å². The van der Waals surface area contributed by atoms with Gasteiger partial charge in [-0.15, -0.1) is 11.3 Å². The molecule has 8 heteroatoms. The summed E-state index contributed by atoms with van der Waals surface area (Å²) < 4.78 is 26.8. The van der Waals surface area contributed by atoms with Crippen LogP contribution in [0.25, 0.3) is 10.2 Å². The third-order valence-corrected chi connectivity index (χ3v) is 6.18. The number of hydrogen-bond acceptors (Lipinski definition) is 5. The lowest BCUT2D eigenvalue weighted by atomic mass is 10.1. The van der Waals surface area contributed by atoms with Crippen molar-refractivity contribution in [2.24, 2.45) is 0 Å². The van der Waals surface area contributed by atoms with E-state index in [1.54, 1.807) is 18.3 Å². The molecule has 4 nitrogen and oxygen atoms in total. The Hall–Kier alpha value is -2.06. The summed E-state index contributed by atoms with van der Waals surface area (Å²) in [6.45, 7) is 5.71. The molecule has 0 radical (unpaired) electrons. The van der Waals surface area contributed by atoms with Gasteiger partial charge in [-0.05, 0) is 32.4 Å². The largest absolute Gasteiger partial charge is 0.349 e. The highest BCUT2D eigenvalue weighted by Gasteiger charge is 2.16. The third-order valence-electron chi connectivity index (χ3n) is 4.08. The zero-order valence-corrected chi connectivity index (χ0v) is 16.1. The first-order valence-corrected chi connectivity index (χ1v) is 9.75. The Morgan fingerprint density at radius 1 is 1.31 bits per heavy atom. The molecule has 0 aliphatic heterocycles. The molecule has 1 N–H and O–H groups in total. The molecule has 0 fully saturated rings.